The van der Waals surface area contributed by atoms with Gasteiger partial charge in [-0.2, -0.15) is 0 Å². The number of carboxylic acid groups (broad SMARTS) is 1. The molecule has 0 spiro atoms. The SMILES string of the molecule is Cc1cc(C)c(S(=O)(=O)Nc2cc(C(=O)O)ccc2N2CCC[C@H](CN3CCCC3)C2)cc1C. The molecule has 0 radical (unpaired) electrons. The van der Waals surface area contributed by atoms with E-state index in [2.05, 4.69) is 14.5 Å². The van der Waals surface area contributed by atoms with Crippen LogP contribution in [0.1, 0.15) is 52.7 Å². The number of aryl methyl sites for hydroxylation is 3. The van der Waals surface area contributed by atoms with E-state index in [1.54, 1.807) is 25.1 Å². The van der Waals surface area contributed by atoms with Gasteiger partial charge in [0.25, 0.3) is 10.0 Å². The van der Waals surface area contributed by atoms with Gasteiger partial charge in [0.1, 0.15) is 0 Å². The molecule has 2 saturated heterocycles. The van der Waals surface area contributed by atoms with Crippen molar-refractivity contribution in [1.29, 1.82) is 0 Å². The number of carbonyl (C=O) groups is 1. The number of sulfonamides is 1. The van der Waals surface area contributed by atoms with E-state index in [0.717, 1.165) is 62.4 Å². The van der Waals surface area contributed by atoms with Crippen LogP contribution in [0.25, 0.3) is 0 Å². The molecule has 4 rings (SSSR count). The molecule has 0 aromatic heterocycles. The zero-order valence-corrected chi connectivity index (χ0v) is 21.1. The van der Waals surface area contributed by atoms with Gasteiger partial charge in [-0.25, -0.2) is 13.2 Å². The first-order valence-corrected chi connectivity index (χ1v) is 13.6. The second kappa shape index (κ2) is 9.96. The zero-order chi connectivity index (χ0) is 24.5. The molecule has 2 heterocycles. The summed E-state index contributed by atoms with van der Waals surface area (Å²) in [7, 11) is -3.90. The highest BCUT2D eigenvalue weighted by molar-refractivity contribution is 7.92. The van der Waals surface area contributed by atoms with Crippen LogP contribution < -0.4 is 9.62 Å². The lowest BCUT2D eigenvalue weighted by Crippen LogP contribution is -2.40. The molecule has 1 atom stereocenters. The molecule has 0 bridgehead atoms. The molecular weight excluding hydrogens is 450 g/mol. The maximum absolute atomic E-state index is 13.4. The molecule has 0 unspecified atom stereocenters. The molecule has 2 aromatic carbocycles. The lowest BCUT2D eigenvalue weighted by molar-refractivity contribution is 0.0697. The van der Waals surface area contributed by atoms with Crippen molar-refractivity contribution in [3.8, 4) is 0 Å². The summed E-state index contributed by atoms with van der Waals surface area (Å²) >= 11 is 0. The maximum Gasteiger partial charge on any atom is 0.335 e. The zero-order valence-electron chi connectivity index (χ0n) is 20.3. The molecule has 2 aliphatic rings. The van der Waals surface area contributed by atoms with Crippen molar-refractivity contribution in [2.45, 2.75) is 51.3 Å². The van der Waals surface area contributed by atoms with Crippen LogP contribution in [-0.4, -0.2) is 57.1 Å². The standard InChI is InChI=1S/C26H35N3O4S/c1-18-13-20(3)25(14-19(18)2)34(32,33)27-23-15-22(26(30)31)8-9-24(23)29-12-6-7-21(17-29)16-28-10-4-5-11-28/h8-9,13-15,21,27H,4-7,10-12,16-17H2,1-3H3,(H,30,31)/t21-/m1/s1. The van der Waals surface area contributed by atoms with Crippen LogP contribution in [0, 0.1) is 26.7 Å². The molecule has 2 aliphatic heterocycles. The Kier molecular flexibility index (Phi) is 7.19. The lowest BCUT2D eigenvalue weighted by Gasteiger charge is -2.37. The van der Waals surface area contributed by atoms with Crippen LogP contribution in [-0.2, 0) is 10.0 Å². The first-order chi connectivity index (χ1) is 16.1. The summed E-state index contributed by atoms with van der Waals surface area (Å²) in [5.41, 5.74) is 3.70. The van der Waals surface area contributed by atoms with Gasteiger partial charge in [0.15, 0.2) is 0 Å². The topological polar surface area (TPSA) is 89.9 Å². The van der Waals surface area contributed by atoms with E-state index in [9.17, 15) is 18.3 Å². The van der Waals surface area contributed by atoms with E-state index < -0.39 is 16.0 Å². The maximum atomic E-state index is 13.4. The Balaban J connectivity index is 1.64. The van der Waals surface area contributed by atoms with Crippen LogP contribution >= 0.6 is 0 Å². The third-order valence-electron chi connectivity index (χ3n) is 7.14. The average molecular weight is 486 g/mol. The van der Waals surface area contributed by atoms with Crippen molar-refractivity contribution in [3.05, 3.63) is 52.6 Å². The van der Waals surface area contributed by atoms with Crippen molar-refractivity contribution in [2.75, 3.05) is 42.3 Å². The van der Waals surface area contributed by atoms with Crippen LogP contribution in [0.3, 0.4) is 0 Å². The van der Waals surface area contributed by atoms with Crippen LogP contribution in [0.15, 0.2) is 35.2 Å². The Labute approximate surface area is 202 Å². The van der Waals surface area contributed by atoms with Gasteiger partial charge >= 0.3 is 5.97 Å². The van der Waals surface area contributed by atoms with Gasteiger partial charge in [0.2, 0.25) is 0 Å². The van der Waals surface area contributed by atoms with Gasteiger partial charge in [-0.15, -0.1) is 0 Å². The van der Waals surface area contributed by atoms with Crippen molar-refractivity contribution in [1.82, 2.24) is 4.90 Å². The number of rotatable bonds is 7. The van der Waals surface area contributed by atoms with Crippen molar-refractivity contribution in [2.24, 2.45) is 5.92 Å². The smallest absolute Gasteiger partial charge is 0.335 e. The molecule has 34 heavy (non-hydrogen) atoms. The summed E-state index contributed by atoms with van der Waals surface area (Å²) in [5, 5.41) is 9.54. The summed E-state index contributed by atoms with van der Waals surface area (Å²) in [6, 6.07) is 8.29. The van der Waals surface area contributed by atoms with Gasteiger partial charge in [0, 0.05) is 19.6 Å². The predicted octanol–water partition coefficient (Wildman–Crippen LogP) is 4.42. The Morgan fingerprint density at radius 2 is 1.71 bits per heavy atom. The fourth-order valence-electron chi connectivity index (χ4n) is 5.21. The van der Waals surface area contributed by atoms with E-state index in [4.69, 9.17) is 0 Å². The molecule has 2 N–H and O–H groups in total. The van der Waals surface area contributed by atoms with Crippen LogP contribution in [0.2, 0.25) is 0 Å². The number of likely N-dealkylation sites (tertiary alicyclic amines) is 1. The number of hydrogen-bond acceptors (Lipinski definition) is 5. The van der Waals surface area contributed by atoms with Crippen molar-refractivity contribution < 1.29 is 18.3 Å². The van der Waals surface area contributed by atoms with Gasteiger partial charge in [-0.1, -0.05) is 6.07 Å². The molecule has 2 fully saturated rings. The second-order valence-corrected chi connectivity index (χ2v) is 11.5. The van der Waals surface area contributed by atoms with Gasteiger partial charge < -0.3 is 14.9 Å². The highest BCUT2D eigenvalue weighted by atomic mass is 32.2. The Hall–Kier alpha value is -2.58. The number of piperidine rings is 1. The van der Waals surface area contributed by atoms with Gasteiger partial charge in [-0.05, 0) is 106 Å². The van der Waals surface area contributed by atoms with Gasteiger partial charge in [-0.3, -0.25) is 4.72 Å². The molecule has 2 aromatic rings. The number of hydrogen-bond donors (Lipinski definition) is 2. The monoisotopic (exact) mass is 485 g/mol. The third kappa shape index (κ3) is 5.39. The normalized spacial score (nSPS) is 19.4. The van der Waals surface area contributed by atoms with Crippen LogP contribution in [0.5, 0.6) is 0 Å². The number of aromatic carboxylic acids is 1. The third-order valence-corrected chi connectivity index (χ3v) is 8.65. The minimum Gasteiger partial charge on any atom is -0.478 e. The minimum atomic E-state index is -3.90. The number of nitrogens with zero attached hydrogens (tertiary/aromatic N) is 2. The summed E-state index contributed by atoms with van der Waals surface area (Å²) < 4.78 is 29.6. The molecule has 184 valence electrons. The van der Waals surface area contributed by atoms with E-state index >= 15 is 0 Å². The lowest BCUT2D eigenvalue weighted by atomic mass is 9.96. The number of anilines is 2. The highest BCUT2D eigenvalue weighted by Gasteiger charge is 2.27. The Morgan fingerprint density at radius 1 is 1.00 bits per heavy atom. The van der Waals surface area contributed by atoms with Crippen molar-refractivity contribution in [3.63, 3.8) is 0 Å². The van der Waals surface area contributed by atoms with Crippen LogP contribution in [0.4, 0.5) is 11.4 Å². The summed E-state index contributed by atoms with van der Waals surface area (Å²) in [6.45, 7) is 10.7. The highest BCUT2D eigenvalue weighted by Crippen LogP contribution is 2.34. The summed E-state index contributed by atoms with van der Waals surface area (Å²) in [6.07, 6.45) is 4.71. The molecule has 7 nitrogen and oxygen atoms in total. The fraction of sp³-hybridized carbons (Fsp3) is 0.500. The molecule has 0 saturated carbocycles. The average Bonchev–Trinajstić information content (AvgIpc) is 3.29. The number of benzene rings is 2. The number of nitrogens with one attached hydrogen (secondary N) is 1. The first kappa shape index (κ1) is 24.5. The Morgan fingerprint density at radius 3 is 2.41 bits per heavy atom. The predicted molar refractivity (Wildman–Crippen MR) is 135 cm³/mol. The molecule has 0 aliphatic carbocycles. The Bertz CT molecular complexity index is 1170. The van der Waals surface area contributed by atoms with E-state index in [-0.39, 0.29) is 10.5 Å². The molecule has 0 amide bonds. The van der Waals surface area contributed by atoms with E-state index in [1.807, 2.05) is 19.9 Å². The molecule has 8 heteroatoms. The largest absolute Gasteiger partial charge is 0.478 e. The number of carboxylic acids is 1. The second-order valence-electron chi connectivity index (χ2n) is 9.81. The van der Waals surface area contributed by atoms with E-state index in [0.29, 0.717) is 17.2 Å². The quantitative estimate of drug-likeness (QED) is 0.603. The summed E-state index contributed by atoms with van der Waals surface area (Å²) in [5.74, 6) is -0.572. The first-order valence-electron chi connectivity index (χ1n) is 12.1. The summed E-state index contributed by atoms with van der Waals surface area (Å²) in [4.78, 5) is 16.6. The molecular formula is C26H35N3O4S. The van der Waals surface area contributed by atoms with Gasteiger partial charge in [0.05, 0.1) is 21.8 Å². The van der Waals surface area contributed by atoms with Crippen molar-refractivity contribution >= 4 is 27.4 Å². The fourth-order valence-corrected chi connectivity index (χ4v) is 6.59. The van der Waals surface area contributed by atoms with E-state index in [1.165, 1.54) is 18.9 Å². The minimum absolute atomic E-state index is 0.0592.